The minimum absolute atomic E-state index is 0.636. The zero-order valence-electron chi connectivity index (χ0n) is 37.9. The Hall–Kier alpha value is -8.97. The Morgan fingerprint density at radius 1 is 0.343 bits per heavy atom. The Morgan fingerprint density at radius 3 is 1.44 bits per heavy atom. The highest BCUT2D eigenvalue weighted by Gasteiger charge is 2.33. The molecule has 6 heteroatoms. The molecule has 0 amide bonds. The summed E-state index contributed by atoms with van der Waals surface area (Å²) in [7, 11) is -1.89. The van der Waals surface area contributed by atoms with Crippen LogP contribution in [0.5, 0.6) is 0 Å². The van der Waals surface area contributed by atoms with E-state index in [-0.39, 0.29) is 0 Å². The molecular formula is C64H42N4OS. The fourth-order valence-electron chi connectivity index (χ4n) is 10.9. The summed E-state index contributed by atoms with van der Waals surface area (Å²) in [5.41, 5.74) is 9.98. The first-order valence-electron chi connectivity index (χ1n) is 23.6. The summed E-state index contributed by atoms with van der Waals surface area (Å²) in [6, 6.07) is 91.5. The van der Waals surface area contributed by atoms with Crippen LogP contribution in [-0.2, 0) is 0 Å². The summed E-state index contributed by atoms with van der Waals surface area (Å²) in [6.45, 7) is 0. The van der Waals surface area contributed by atoms with E-state index in [1.165, 1.54) is 41.4 Å². The van der Waals surface area contributed by atoms with Gasteiger partial charge in [0.05, 0.1) is 27.8 Å². The highest BCUT2D eigenvalue weighted by atomic mass is 32.3. The molecule has 0 bridgehead atoms. The lowest BCUT2D eigenvalue weighted by atomic mass is 10.0. The van der Waals surface area contributed by atoms with Gasteiger partial charge in [0.1, 0.15) is 17.0 Å². The van der Waals surface area contributed by atoms with E-state index in [0.29, 0.717) is 5.82 Å². The number of rotatable bonds is 8. The van der Waals surface area contributed by atoms with Gasteiger partial charge in [-0.2, -0.15) is 0 Å². The van der Waals surface area contributed by atoms with Crippen LogP contribution in [0.4, 0.5) is 0 Å². The number of fused-ring (bicyclic) bond motifs is 9. The molecule has 5 nitrogen and oxygen atoms in total. The van der Waals surface area contributed by atoms with E-state index in [4.69, 9.17) is 14.4 Å². The van der Waals surface area contributed by atoms with Crippen molar-refractivity contribution in [3.63, 3.8) is 0 Å². The van der Waals surface area contributed by atoms with Gasteiger partial charge in [-0.3, -0.25) is 4.57 Å². The Bertz CT molecular complexity index is 4140. The van der Waals surface area contributed by atoms with Crippen molar-refractivity contribution in [1.82, 2.24) is 19.1 Å². The molecule has 10 aromatic carbocycles. The number of para-hydroxylation sites is 4. The zero-order valence-corrected chi connectivity index (χ0v) is 38.7. The fourth-order valence-corrected chi connectivity index (χ4v) is 14.7. The van der Waals surface area contributed by atoms with Crippen LogP contribution >= 0.6 is 10.0 Å². The summed E-state index contributed by atoms with van der Waals surface area (Å²) >= 11 is 0. The number of benzene rings is 10. The molecule has 70 heavy (non-hydrogen) atoms. The average molecular weight is 915 g/mol. The third kappa shape index (κ3) is 6.13. The summed E-state index contributed by atoms with van der Waals surface area (Å²) in [4.78, 5) is 16.1. The number of hydrogen-bond acceptors (Lipinski definition) is 3. The summed E-state index contributed by atoms with van der Waals surface area (Å²) in [6.07, 6.45) is 0. The molecule has 0 atom stereocenters. The van der Waals surface area contributed by atoms with Gasteiger partial charge >= 0.3 is 0 Å². The maximum Gasteiger partial charge on any atom is 0.162 e. The van der Waals surface area contributed by atoms with E-state index in [1.54, 1.807) is 0 Å². The molecule has 4 aromatic heterocycles. The van der Waals surface area contributed by atoms with Crippen LogP contribution in [0.2, 0.25) is 0 Å². The van der Waals surface area contributed by atoms with Gasteiger partial charge in [0.25, 0.3) is 0 Å². The van der Waals surface area contributed by atoms with Crippen molar-refractivity contribution >= 4 is 75.6 Å². The van der Waals surface area contributed by atoms with Gasteiger partial charge in [0, 0.05) is 74.8 Å². The summed E-state index contributed by atoms with van der Waals surface area (Å²) in [5, 5.41) is 6.85. The van der Waals surface area contributed by atoms with Gasteiger partial charge in [0.15, 0.2) is 5.82 Å². The highest BCUT2D eigenvalue weighted by molar-refractivity contribution is 8.34. The summed E-state index contributed by atoms with van der Waals surface area (Å²) < 4.78 is 11.1. The van der Waals surface area contributed by atoms with Crippen molar-refractivity contribution in [1.29, 1.82) is 0 Å². The molecule has 0 N–H and O–H groups in total. The molecule has 0 aliphatic carbocycles. The normalized spacial score (nSPS) is 12.2. The van der Waals surface area contributed by atoms with Gasteiger partial charge < -0.3 is 8.98 Å². The molecule has 0 radical (unpaired) electrons. The predicted octanol–water partition coefficient (Wildman–Crippen LogP) is 17.2. The number of furan rings is 1. The Balaban J connectivity index is 1.00. The smallest absolute Gasteiger partial charge is 0.162 e. The quantitative estimate of drug-likeness (QED) is 0.153. The van der Waals surface area contributed by atoms with Crippen molar-refractivity contribution < 1.29 is 4.42 Å². The lowest BCUT2D eigenvalue weighted by molar-refractivity contribution is 0.669. The van der Waals surface area contributed by atoms with Crippen LogP contribution in [-0.4, -0.2) is 19.1 Å². The molecule has 330 valence electrons. The minimum atomic E-state index is -1.89. The average Bonchev–Trinajstić information content (AvgIpc) is 4.10. The van der Waals surface area contributed by atoms with E-state index in [2.05, 4.69) is 246 Å². The molecule has 4 heterocycles. The molecule has 14 rings (SSSR count). The van der Waals surface area contributed by atoms with Crippen LogP contribution in [0.1, 0.15) is 0 Å². The minimum Gasteiger partial charge on any atom is -0.456 e. The van der Waals surface area contributed by atoms with E-state index in [1.807, 2.05) is 18.2 Å². The van der Waals surface area contributed by atoms with Crippen molar-refractivity contribution in [3.05, 3.63) is 255 Å². The fraction of sp³-hybridized carbons (Fsp3) is 0. The van der Waals surface area contributed by atoms with Crippen molar-refractivity contribution in [2.45, 2.75) is 19.6 Å². The molecule has 0 spiro atoms. The van der Waals surface area contributed by atoms with E-state index < -0.39 is 10.0 Å². The van der Waals surface area contributed by atoms with E-state index in [9.17, 15) is 0 Å². The van der Waals surface area contributed by atoms with Gasteiger partial charge in [0.2, 0.25) is 0 Å². The first-order valence-corrected chi connectivity index (χ1v) is 25.3. The van der Waals surface area contributed by atoms with Gasteiger partial charge in [-0.1, -0.05) is 152 Å². The van der Waals surface area contributed by atoms with Crippen molar-refractivity contribution in [3.8, 4) is 34.2 Å². The lowest BCUT2D eigenvalue weighted by Crippen LogP contribution is -2.05. The Kier molecular flexibility index (Phi) is 9.22. The third-order valence-corrected chi connectivity index (χ3v) is 17.8. The maximum atomic E-state index is 6.45. The lowest BCUT2D eigenvalue weighted by Gasteiger charge is -2.42. The molecule has 14 aromatic rings. The molecule has 0 saturated carbocycles. The Labute approximate surface area is 405 Å². The van der Waals surface area contributed by atoms with Gasteiger partial charge in [-0.05, 0) is 97.1 Å². The second kappa shape index (κ2) is 16.1. The molecular weight excluding hydrogens is 873 g/mol. The second-order valence-corrected chi connectivity index (χ2v) is 20.8. The van der Waals surface area contributed by atoms with Crippen molar-refractivity contribution in [2.75, 3.05) is 0 Å². The molecule has 0 fully saturated rings. The maximum absolute atomic E-state index is 6.45. The number of aromatic nitrogens is 4. The molecule has 0 saturated heterocycles. The van der Waals surface area contributed by atoms with Crippen LogP contribution in [0.3, 0.4) is 0 Å². The third-order valence-electron chi connectivity index (χ3n) is 13.9. The second-order valence-electron chi connectivity index (χ2n) is 17.7. The first kappa shape index (κ1) is 40.1. The summed E-state index contributed by atoms with van der Waals surface area (Å²) in [5.74, 6) is 1.42. The van der Waals surface area contributed by atoms with Crippen LogP contribution in [0, 0.1) is 0 Å². The van der Waals surface area contributed by atoms with E-state index in [0.717, 1.165) is 72.1 Å². The van der Waals surface area contributed by atoms with Crippen LogP contribution < -0.4 is 0 Å². The number of hydrogen-bond donors (Lipinski definition) is 0. The first-order chi connectivity index (χ1) is 34.7. The van der Waals surface area contributed by atoms with Gasteiger partial charge in [-0.15, -0.1) is 10.0 Å². The monoisotopic (exact) mass is 914 g/mol. The predicted molar refractivity (Wildman–Crippen MR) is 289 cm³/mol. The SMILES string of the molecule is c1ccc(S(c2ccccc2)(c2ccccc2)c2ccc(-c3nc(-c4cccc5oc6ccccc6c45)cc(-n4c5ccccc5c5cc(-n6c7ccccc7c7ccccc76)ccc54)n3)cc2)cc1. The van der Waals surface area contributed by atoms with Crippen molar-refractivity contribution in [2.24, 2.45) is 0 Å². The van der Waals surface area contributed by atoms with Crippen LogP contribution in [0.25, 0.3) is 99.7 Å². The van der Waals surface area contributed by atoms with Crippen LogP contribution in [0.15, 0.2) is 279 Å². The topological polar surface area (TPSA) is 48.8 Å². The standard InChI is InChI=1S/C64H42N4OS/c1-4-19-45(20-5-1)70(46-21-6-2-7-22-46,47-23-8-3-9-24-47)48-38-35-43(36-39-48)64-65-55(52-29-18-34-61-63(52)53-28-13-17-33-60(53)69-61)42-62(66-64)68-58-32-16-12-27-51(58)54-41-44(37-40-59(54)68)67-56-30-14-10-25-49(56)50-26-11-15-31-57(50)67/h1-42H. The Morgan fingerprint density at radius 2 is 0.829 bits per heavy atom. The van der Waals surface area contributed by atoms with Gasteiger partial charge in [-0.25, -0.2) is 9.97 Å². The molecule has 0 unspecified atom stereocenters. The zero-order chi connectivity index (χ0) is 46.2. The molecule has 0 aliphatic heterocycles. The van der Waals surface area contributed by atoms with E-state index >= 15 is 0 Å². The largest absolute Gasteiger partial charge is 0.456 e. The highest BCUT2D eigenvalue weighted by Crippen LogP contribution is 2.73. The molecule has 0 aliphatic rings. The number of nitrogens with zero attached hydrogens (tertiary/aromatic N) is 4.